The van der Waals surface area contributed by atoms with Crippen LogP contribution < -0.4 is 5.32 Å². The number of hydrogen-bond acceptors (Lipinski definition) is 3. The van der Waals surface area contributed by atoms with Gasteiger partial charge < -0.3 is 5.32 Å². The number of allylic oxidation sites excluding steroid dienone is 4. The first-order valence-corrected chi connectivity index (χ1v) is 4.03. The molecule has 0 fully saturated rings. The predicted molar refractivity (Wildman–Crippen MR) is 52.5 cm³/mol. The molecule has 2 rings (SSSR count). The molecule has 1 aromatic rings. The van der Waals surface area contributed by atoms with E-state index in [-0.39, 0.29) is 1.43 Å². The third kappa shape index (κ3) is 1.82. The van der Waals surface area contributed by atoms with E-state index in [0.717, 1.165) is 11.4 Å². The quantitative estimate of drug-likeness (QED) is 0.699. The summed E-state index contributed by atoms with van der Waals surface area (Å²) < 4.78 is 0. The largest absolute Gasteiger partial charge is 1.00 e. The average molecular weight is 172 g/mol. The fraction of sp³-hybridized carbons (Fsp3) is 0. The summed E-state index contributed by atoms with van der Waals surface area (Å²) in [7, 11) is 0. The molecule has 3 heteroatoms. The van der Waals surface area contributed by atoms with Crippen LogP contribution in [0.4, 0.5) is 0 Å². The molecule has 0 spiro atoms. The van der Waals surface area contributed by atoms with Crippen LogP contribution in [0.5, 0.6) is 0 Å². The van der Waals surface area contributed by atoms with Gasteiger partial charge in [-0.25, -0.2) is 0 Å². The van der Waals surface area contributed by atoms with Gasteiger partial charge in [0.25, 0.3) is 0 Å². The lowest BCUT2D eigenvalue weighted by molar-refractivity contribution is 1.11. The number of nitrogens with one attached hydrogen (secondary N) is 1. The van der Waals surface area contributed by atoms with Crippen molar-refractivity contribution in [3.8, 4) is 0 Å². The summed E-state index contributed by atoms with van der Waals surface area (Å²) in [6.07, 6.45) is 14.7. The van der Waals surface area contributed by atoms with Gasteiger partial charge in [0.2, 0.25) is 0 Å². The van der Waals surface area contributed by atoms with Crippen molar-refractivity contribution < 1.29 is 1.43 Å². The van der Waals surface area contributed by atoms with Crippen LogP contribution in [0.25, 0.3) is 5.70 Å². The summed E-state index contributed by atoms with van der Waals surface area (Å²) >= 11 is 0. The molecule has 3 nitrogen and oxygen atoms in total. The van der Waals surface area contributed by atoms with Gasteiger partial charge in [-0.1, -0.05) is 12.2 Å². The van der Waals surface area contributed by atoms with Crippen LogP contribution in [-0.4, -0.2) is 9.97 Å². The molecule has 1 aliphatic heterocycles. The second kappa shape index (κ2) is 3.67. The summed E-state index contributed by atoms with van der Waals surface area (Å²) in [5.41, 5.74) is 1.80. The Hall–Kier alpha value is -1.90. The zero-order valence-corrected chi connectivity index (χ0v) is 7.01. The van der Waals surface area contributed by atoms with E-state index in [1.165, 1.54) is 0 Å². The van der Waals surface area contributed by atoms with Crippen molar-refractivity contribution in [1.29, 1.82) is 0 Å². The molecule has 0 atom stereocenters. The van der Waals surface area contributed by atoms with Crippen LogP contribution in [0.15, 0.2) is 49.1 Å². The topological polar surface area (TPSA) is 37.8 Å². The number of rotatable bonds is 1. The first kappa shape index (κ1) is 7.73. The van der Waals surface area contributed by atoms with Crippen LogP contribution in [0, 0.1) is 0 Å². The fourth-order valence-electron chi connectivity index (χ4n) is 1.05. The van der Waals surface area contributed by atoms with E-state index in [2.05, 4.69) is 15.3 Å². The highest BCUT2D eigenvalue weighted by molar-refractivity contribution is 5.63. The van der Waals surface area contributed by atoms with Gasteiger partial charge in [0.05, 0.1) is 11.9 Å². The van der Waals surface area contributed by atoms with Crippen molar-refractivity contribution in [3.05, 3.63) is 54.8 Å². The van der Waals surface area contributed by atoms with Gasteiger partial charge in [-0.3, -0.25) is 9.97 Å². The Morgan fingerprint density at radius 2 is 2.15 bits per heavy atom. The van der Waals surface area contributed by atoms with Crippen LogP contribution in [0.1, 0.15) is 7.12 Å². The molecule has 0 aromatic carbocycles. The molecule has 1 N–H and O–H groups in total. The molecular formula is C10H10N3+. The number of nitrogens with zero attached hydrogens (tertiary/aromatic N) is 2. The van der Waals surface area contributed by atoms with E-state index in [0.29, 0.717) is 0 Å². The lowest BCUT2D eigenvalue weighted by Crippen LogP contribution is -2.04. The van der Waals surface area contributed by atoms with E-state index in [9.17, 15) is 0 Å². The van der Waals surface area contributed by atoms with Gasteiger partial charge in [0.1, 0.15) is 5.69 Å². The van der Waals surface area contributed by atoms with E-state index >= 15 is 0 Å². The maximum absolute atomic E-state index is 4.18. The summed E-state index contributed by atoms with van der Waals surface area (Å²) in [6.45, 7) is 0. The monoisotopic (exact) mass is 172 g/mol. The third-order valence-electron chi connectivity index (χ3n) is 1.66. The van der Waals surface area contributed by atoms with Gasteiger partial charge in [-0.15, -0.1) is 0 Å². The van der Waals surface area contributed by atoms with Crippen molar-refractivity contribution in [1.82, 2.24) is 15.3 Å². The maximum Gasteiger partial charge on any atom is 1.00 e. The molecule has 1 aromatic heterocycles. The van der Waals surface area contributed by atoms with Crippen molar-refractivity contribution in [2.45, 2.75) is 0 Å². The standard InChI is InChI=1S/C10H9N3/c1-2-4-9(12-5-3-1)10-8-11-6-7-13-10/h1-8,12H/p+1. The summed E-state index contributed by atoms with van der Waals surface area (Å²) in [6, 6.07) is 0. The zero-order chi connectivity index (χ0) is 8.93. The van der Waals surface area contributed by atoms with Gasteiger partial charge in [0.15, 0.2) is 0 Å². The van der Waals surface area contributed by atoms with Crippen molar-refractivity contribution >= 4 is 5.70 Å². The molecule has 0 amide bonds. The minimum absolute atomic E-state index is 0. The molecule has 2 heterocycles. The highest BCUT2D eigenvalue weighted by Crippen LogP contribution is 2.07. The smallest absolute Gasteiger partial charge is 0.360 e. The zero-order valence-electron chi connectivity index (χ0n) is 8.01. The molecule has 0 aliphatic carbocycles. The van der Waals surface area contributed by atoms with E-state index in [1.807, 2.05) is 30.5 Å². The van der Waals surface area contributed by atoms with Crippen molar-refractivity contribution in [2.24, 2.45) is 0 Å². The van der Waals surface area contributed by atoms with Crippen LogP contribution in [0.2, 0.25) is 0 Å². The maximum atomic E-state index is 4.18. The first-order chi connectivity index (χ1) is 6.47. The minimum atomic E-state index is 0. The number of hydrogen-bond donors (Lipinski definition) is 1. The van der Waals surface area contributed by atoms with E-state index in [1.54, 1.807) is 18.6 Å². The van der Waals surface area contributed by atoms with Crippen molar-refractivity contribution in [2.75, 3.05) is 0 Å². The molecular weight excluding hydrogens is 162 g/mol. The van der Waals surface area contributed by atoms with Gasteiger partial charge >= 0.3 is 1.43 Å². The highest BCUT2D eigenvalue weighted by atomic mass is 14.9. The lowest BCUT2D eigenvalue weighted by Gasteiger charge is -2.03. The normalized spacial score (nSPS) is 14.6. The Labute approximate surface area is 78.0 Å². The third-order valence-corrected chi connectivity index (χ3v) is 1.66. The average Bonchev–Trinajstić information content (AvgIpc) is 2.47. The fourth-order valence-corrected chi connectivity index (χ4v) is 1.05. The van der Waals surface area contributed by atoms with E-state index in [4.69, 9.17) is 0 Å². The summed E-state index contributed by atoms with van der Waals surface area (Å²) in [4.78, 5) is 8.18. The van der Waals surface area contributed by atoms with Gasteiger partial charge in [0, 0.05) is 18.6 Å². The van der Waals surface area contributed by atoms with Gasteiger partial charge in [-0.2, -0.15) is 0 Å². The second-order valence-corrected chi connectivity index (χ2v) is 2.56. The highest BCUT2D eigenvalue weighted by Gasteiger charge is 1.99. The molecule has 0 unspecified atom stereocenters. The van der Waals surface area contributed by atoms with Crippen LogP contribution >= 0.6 is 0 Å². The number of aromatic nitrogens is 2. The molecule has 1 aliphatic rings. The minimum Gasteiger partial charge on any atom is -0.360 e. The molecule has 0 radical (unpaired) electrons. The summed E-state index contributed by atoms with van der Waals surface area (Å²) in [5, 5.41) is 3.11. The van der Waals surface area contributed by atoms with Crippen molar-refractivity contribution in [3.63, 3.8) is 0 Å². The van der Waals surface area contributed by atoms with Crippen LogP contribution in [0.3, 0.4) is 0 Å². The molecule has 0 saturated heterocycles. The Balaban J connectivity index is 0.000000980. The molecule has 0 saturated carbocycles. The first-order valence-electron chi connectivity index (χ1n) is 4.03. The van der Waals surface area contributed by atoms with E-state index < -0.39 is 0 Å². The van der Waals surface area contributed by atoms with Crippen LogP contribution in [-0.2, 0) is 0 Å². The molecule has 64 valence electrons. The Kier molecular flexibility index (Phi) is 2.18. The van der Waals surface area contributed by atoms with Gasteiger partial charge in [-0.05, 0) is 12.2 Å². The Bertz CT molecular complexity index is 368. The Morgan fingerprint density at radius 3 is 3.00 bits per heavy atom. The summed E-state index contributed by atoms with van der Waals surface area (Å²) in [5.74, 6) is 0. The SMILES string of the molecule is C1=CC=C(c2cnccn2)NC=C1.[H+]. The second-order valence-electron chi connectivity index (χ2n) is 2.56. The molecule has 13 heavy (non-hydrogen) atoms. The Morgan fingerprint density at radius 1 is 1.15 bits per heavy atom. The lowest BCUT2D eigenvalue weighted by atomic mass is 10.3. The molecule has 0 bridgehead atoms. The predicted octanol–water partition coefficient (Wildman–Crippen LogP) is 1.60.